The summed E-state index contributed by atoms with van der Waals surface area (Å²) < 4.78 is 28.6. The first-order valence-corrected chi connectivity index (χ1v) is 10.9. The summed E-state index contributed by atoms with van der Waals surface area (Å²) in [5, 5.41) is 13.7. The Labute approximate surface area is 196 Å². The molecule has 2 unspecified atom stereocenters. The van der Waals surface area contributed by atoms with Crippen molar-refractivity contribution in [1.29, 1.82) is 0 Å². The summed E-state index contributed by atoms with van der Waals surface area (Å²) in [6.45, 7) is 5.70. The first-order valence-electron chi connectivity index (χ1n) is 10.9. The Balaban J connectivity index is 1.60. The van der Waals surface area contributed by atoms with E-state index in [-0.39, 0.29) is 18.1 Å². The van der Waals surface area contributed by atoms with E-state index in [4.69, 9.17) is 28.5 Å². The van der Waals surface area contributed by atoms with Gasteiger partial charge in [-0.05, 0) is 30.7 Å². The number of oxime groups is 1. The predicted octanol–water partition coefficient (Wildman–Crippen LogP) is 3.33. The number of fused-ring (bicyclic) bond motifs is 4. The monoisotopic (exact) mass is 467 g/mol. The highest BCUT2D eigenvalue weighted by molar-refractivity contribution is 6.09. The summed E-state index contributed by atoms with van der Waals surface area (Å²) in [5.41, 5.74) is 3.79. The molecule has 1 N–H and O–H groups in total. The molecule has 2 aromatic carbocycles. The molecule has 34 heavy (non-hydrogen) atoms. The van der Waals surface area contributed by atoms with Crippen LogP contribution in [0.3, 0.4) is 0 Å². The van der Waals surface area contributed by atoms with Crippen molar-refractivity contribution >= 4 is 11.7 Å². The van der Waals surface area contributed by atoms with Crippen LogP contribution in [-0.2, 0) is 16.1 Å². The molecule has 0 spiro atoms. The molecule has 2 aromatic rings. The third kappa shape index (κ3) is 3.57. The summed E-state index contributed by atoms with van der Waals surface area (Å²) in [6.07, 6.45) is -0.0199. The van der Waals surface area contributed by atoms with Gasteiger partial charge in [-0.3, -0.25) is 0 Å². The third-order valence-electron chi connectivity index (χ3n) is 6.25. The molecule has 0 amide bonds. The Kier molecular flexibility index (Phi) is 5.47. The molecule has 0 saturated carbocycles. The number of benzene rings is 2. The lowest BCUT2D eigenvalue weighted by Gasteiger charge is -2.28. The lowest BCUT2D eigenvalue weighted by Crippen LogP contribution is -2.32. The quantitative estimate of drug-likeness (QED) is 0.619. The number of rotatable bonds is 7. The molecule has 3 heterocycles. The molecule has 0 aliphatic carbocycles. The maximum absolute atomic E-state index is 11.3. The van der Waals surface area contributed by atoms with Gasteiger partial charge in [-0.25, -0.2) is 4.79 Å². The number of carboxylic acids is 1. The largest absolute Gasteiger partial charge is 0.493 e. The summed E-state index contributed by atoms with van der Waals surface area (Å²) in [4.78, 5) is 17.1. The van der Waals surface area contributed by atoms with Gasteiger partial charge in [-0.15, -0.1) is 0 Å². The van der Waals surface area contributed by atoms with Gasteiger partial charge in [0.2, 0.25) is 0 Å². The number of carboxylic acid groups (broad SMARTS) is 1. The molecule has 3 aliphatic rings. The van der Waals surface area contributed by atoms with Crippen molar-refractivity contribution < 1.29 is 38.4 Å². The number of hydrogen-bond acceptors (Lipinski definition) is 8. The van der Waals surface area contributed by atoms with Crippen LogP contribution in [0.4, 0.5) is 0 Å². The molecular formula is C25H25NO8. The van der Waals surface area contributed by atoms with Crippen LogP contribution < -0.4 is 23.7 Å². The van der Waals surface area contributed by atoms with Crippen molar-refractivity contribution in [2.75, 3.05) is 27.4 Å². The molecule has 0 radical (unpaired) electrons. The highest BCUT2D eigenvalue weighted by atomic mass is 16.7. The Hall–Kier alpha value is -3.88. The van der Waals surface area contributed by atoms with E-state index in [9.17, 15) is 9.90 Å². The minimum Gasteiger partial charge on any atom is -0.493 e. The number of aliphatic carboxylic acids is 1. The molecule has 3 aliphatic heterocycles. The summed E-state index contributed by atoms with van der Waals surface area (Å²) in [7, 11) is 3.14. The fourth-order valence-corrected chi connectivity index (χ4v) is 4.59. The first-order chi connectivity index (χ1) is 16.4. The van der Waals surface area contributed by atoms with Gasteiger partial charge < -0.3 is 33.6 Å². The van der Waals surface area contributed by atoms with Crippen LogP contribution in [0, 0.1) is 0 Å². The van der Waals surface area contributed by atoms with Crippen LogP contribution in [0.25, 0.3) is 0 Å². The van der Waals surface area contributed by atoms with Crippen LogP contribution in [0.1, 0.15) is 29.5 Å². The molecule has 0 saturated heterocycles. The fourth-order valence-electron chi connectivity index (χ4n) is 4.59. The SMILES string of the molecule is C=C(C)[C@H]1Cc2c(ccc(C3=NOC4COc5cc(OC)c(OC)cc5C34)c2OCC(=O)O)O1. The number of methoxy groups -OCH3 is 2. The molecular weight excluding hydrogens is 442 g/mol. The van der Waals surface area contributed by atoms with Crippen molar-refractivity contribution in [1.82, 2.24) is 0 Å². The predicted molar refractivity (Wildman–Crippen MR) is 122 cm³/mol. The summed E-state index contributed by atoms with van der Waals surface area (Å²) >= 11 is 0. The van der Waals surface area contributed by atoms with Gasteiger partial charge in [-0.2, -0.15) is 0 Å². The Bertz CT molecular complexity index is 1200. The molecule has 3 atom stereocenters. The highest BCUT2D eigenvalue weighted by Crippen LogP contribution is 2.48. The van der Waals surface area contributed by atoms with E-state index in [1.54, 1.807) is 20.3 Å². The Morgan fingerprint density at radius 2 is 1.97 bits per heavy atom. The van der Waals surface area contributed by atoms with Gasteiger partial charge in [0.25, 0.3) is 0 Å². The fraction of sp³-hybridized carbons (Fsp3) is 0.360. The normalized spacial score (nSPS) is 21.6. The second-order valence-electron chi connectivity index (χ2n) is 8.41. The average Bonchev–Trinajstić information content (AvgIpc) is 3.46. The molecule has 0 fully saturated rings. The maximum Gasteiger partial charge on any atom is 0.341 e. The van der Waals surface area contributed by atoms with Crippen molar-refractivity contribution in [3.8, 4) is 28.7 Å². The lowest BCUT2D eigenvalue weighted by atomic mass is 9.83. The van der Waals surface area contributed by atoms with Crippen LogP contribution in [0.5, 0.6) is 28.7 Å². The Morgan fingerprint density at radius 3 is 2.68 bits per heavy atom. The lowest BCUT2D eigenvalue weighted by molar-refractivity contribution is -0.139. The number of hydrogen-bond donors (Lipinski definition) is 1. The Morgan fingerprint density at radius 1 is 1.21 bits per heavy atom. The van der Waals surface area contributed by atoms with Crippen LogP contribution in [0.15, 0.2) is 41.6 Å². The zero-order valence-corrected chi connectivity index (χ0v) is 19.1. The number of carbonyl (C=O) groups is 1. The van der Waals surface area contributed by atoms with Crippen molar-refractivity contribution in [3.05, 3.63) is 53.1 Å². The second kappa shape index (κ2) is 8.48. The van der Waals surface area contributed by atoms with Crippen LogP contribution in [0.2, 0.25) is 0 Å². The average molecular weight is 467 g/mol. The van der Waals surface area contributed by atoms with Gasteiger partial charge in [0.1, 0.15) is 35.7 Å². The van der Waals surface area contributed by atoms with E-state index in [0.717, 1.165) is 16.7 Å². The molecule has 9 heteroatoms. The summed E-state index contributed by atoms with van der Waals surface area (Å²) in [6, 6.07) is 7.33. The van der Waals surface area contributed by atoms with E-state index >= 15 is 0 Å². The second-order valence-corrected chi connectivity index (χ2v) is 8.41. The van der Waals surface area contributed by atoms with Gasteiger partial charge in [0, 0.05) is 29.2 Å². The molecule has 0 aromatic heterocycles. The molecule has 5 rings (SSSR count). The van der Waals surface area contributed by atoms with E-state index in [2.05, 4.69) is 11.7 Å². The highest BCUT2D eigenvalue weighted by Gasteiger charge is 2.44. The van der Waals surface area contributed by atoms with E-state index in [1.807, 2.05) is 25.1 Å². The van der Waals surface area contributed by atoms with E-state index < -0.39 is 12.6 Å². The van der Waals surface area contributed by atoms with Crippen LogP contribution >= 0.6 is 0 Å². The van der Waals surface area contributed by atoms with Crippen molar-refractivity contribution in [2.24, 2.45) is 5.16 Å². The van der Waals surface area contributed by atoms with Gasteiger partial charge in [-0.1, -0.05) is 11.7 Å². The van der Waals surface area contributed by atoms with Gasteiger partial charge >= 0.3 is 5.97 Å². The first kappa shape index (κ1) is 21.9. The standard InChI is InChI=1S/C25H25NO8/c1-12(2)17-8-15-16(33-17)6-5-13(25(15)32-11-22(27)28)24-23-14-7-19(29-3)20(30-4)9-18(14)31-10-21(23)34-26-24/h5-7,9,17,21,23H,1,8,10-11H2,2-4H3,(H,27,28)/t17-,21?,23?/m1/s1. The maximum atomic E-state index is 11.3. The van der Waals surface area contributed by atoms with Gasteiger partial charge in [0.05, 0.1) is 20.1 Å². The zero-order chi connectivity index (χ0) is 24.0. The topological polar surface area (TPSA) is 105 Å². The van der Waals surface area contributed by atoms with Crippen molar-refractivity contribution in [2.45, 2.75) is 31.5 Å². The molecule has 178 valence electrons. The molecule has 0 bridgehead atoms. The third-order valence-corrected chi connectivity index (χ3v) is 6.25. The van der Waals surface area contributed by atoms with Crippen LogP contribution in [-0.4, -0.2) is 56.4 Å². The smallest absolute Gasteiger partial charge is 0.341 e. The number of ether oxygens (including phenoxy) is 5. The van der Waals surface area contributed by atoms with E-state index in [0.29, 0.717) is 53.1 Å². The minimum absolute atomic E-state index is 0.201. The summed E-state index contributed by atoms with van der Waals surface area (Å²) in [5.74, 6) is 1.50. The number of nitrogens with zero attached hydrogens (tertiary/aromatic N) is 1. The molecule has 9 nitrogen and oxygen atoms in total. The van der Waals surface area contributed by atoms with E-state index in [1.165, 1.54) is 0 Å². The minimum atomic E-state index is -1.07. The van der Waals surface area contributed by atoms with Gasteiger partial charge in [0.15, 0.2) is 24.2 Å². The van der Waals surface area contributed by atoms with Crippen molar-refractivity contribution in [3.63, 3.8) is 0 Å². The zero-order valence-electron chi connectivity index (χ0n) is 19.1.